The van der Waals surface area contributed by atoms with Crippen molar-refractivity contribution in [2.75, 3.05) is 13.2 Å². The molecule has 15 heavy (non-hydrogen) atoms. The lowest BCUT2D eigenvalue weighted by molar-refractivity contribution is -0.113. The van der Waals surface area contributed by atoms with Crippen molar-refractivity contribution in [3.05, 3.63) is 0 Å². The summed E-state index contributed by atoms with van der Waals surface area (Å²) in [6, 6.07) is 0. The van der Waals surface area contributed by atoms with E-state index >= 15 is 0 Å². The van der Waals surface area contributed by atoms with E-state index in [9.17, 15) is 9.36 Å². The van der Waals surface area contributed by atoms with Crippen LogP contribution in [0.15, 0.2) is 0 Å². The number of rotatable bonds is 7. The summed E-state index contributed by atoms with van der Waals surface area (Å²) in [5.74, 6) is 0.118. The molecule has 6 heteroatoms. The molecule has 0 heterocycles. The first-order chi connectivity index (χ1) is 6.89. The fourth-order valence-corrected chi connectivity index (χ4v) is 3.57. The number of alkyl halides is 1. The number of hydrogen-bond acceptors (Lipinski definition) is 4. The Morgan fingerprint density at radius 2 is 1.67 bits per heavy atom. The van der Waals surface area contributed by atoms with Crippen LogP contribution in [0.1, 0.15) is 27.7 Å². The second kappa shape index (κ2) is 6.99. The predicted octanol–water partition coefficient (Wildman–Crippen LogP) is 3.24. The van der Waals surface area contributed by atoms with Crippen LogP contribution in [0.4, 0.5) is 0 Å². The molecule has 0 aromatic carbocycles. The lowest BCUT2D eigenvalue weighted by atomic mass is 10.2. The van der Waals surface area contributed by atoms with Crippen LogP contribution < -0.4 is 0 Å². The van der Waals surface area contributed by atoms with Gasteiger partial charge in [0.25, 0.3) is 5.52 Å². The van der Waals surface area contributed by atoms with Crippen molar-refractivity contribution in [2.45, 2.75) is 31.6 Å². The lowest BCUT2D eigenvalue weighted by Gasteiger charge is -2.20. The standard InChI is InChI=1S/C9H18IO4P/c1-5-13-15(12,14-6-2)9(11)8(10)7(3)4/h7-8H,5-6H2,1-4H3. The van der Waals surface area contributed by atoms with Crippen molar-refractivity contribution >= 4 is 35.7 Å². The average molecular weight is 348 g/mol. The van der Waals surface area contributed by atoms with Gasteiger partial charge in [-0.1, -0.05) is 36.4 Å². The molecule has 0 aliphatic rings. The van der Waals surface area contributed by atoms with E-state index < -0.39 is 13.1 Å². The molecule has 0 aromatic rings. The van der Waals surface area contributed by atoms with Crippen LogP contribution in [0.2, 0.25) is 0 Å². The highest BCUT2D eigenvalue weighted by Gasteiger charge is 2.39. The lowest BCUT2D eigenvalue weighted by Crippen LogP contribution is -2.22. The second-order valence-corrected chi connectivity index (χ2v) is 6.61. The summed E-state index contributed by atoms with van der Waals surface area (Å²) in [5.41, 5.74) is -0.429. The molecule has 0 radical (unpaired) electrons. The maximum Gasteiger partial charge on any atom is 0.397 e. The van der Waals surface area contributed by atoms with Crippen molar-refractivity contribution < 1.29 is 18.4 Å². The largest absolute Gasteiger partial charge is 0.397 e. The Hall–Kier alpha value is 0.550. The monoisotopic (exact) mass is 348 g/mol. The van der Waals surface area contributed by atoms with Gasteiger partial charge in [-0.15, -0.1) is 0 Å². The van der Waals surface area contributed by atoms with Crippen LogP contribution >= 0.6 is 30.2 Å². The molecule has 1 atom stereocenters. The highest BCUT2D eigenvalue weighted by Crippen LogP contribution is 2.51. The third-order valence-electron chi connectivity index (χ3n) is 1.69. The Morgan fingerprint density at radius 3 is 1.93 bits per heavy atom. The highest BCUT2D eigenvalue weighted by atomic mass is 127. The zero-order chi connectivity index (χ0) is 12.1. The summed E-state index contributed by atoms with van der Waals surface area (Å²) in [7, 11) is -3.57. The van der Waals surface area contributed by atoms with Gasteiger partial charge < -0.3 is 9.05 Å². The minimum atomic E-state index is -3.57. The molecule has 0 aliphatic heterocycles. The van der Waals surface area contributed by atoms with Gasteiger partial charge in [0.2, 0.25) is 0 Å². The molecule has 1 unspecified atom stereocenters. The summed E-state index contributed by atoms with van der Waals surface area (Å²) in [4.78, 5) is 11.9. The summed E-state index contributed by atoms with van der Waals surface area (Å²) >= 11 is 1.98. The molecule has 0 amide bonds. The molecule has 4 nitrogen and oxygen atoms in total. The Kier molecular flexibility index (Phi) is 7.25. The van der Waals surface area contributed by atoms with E-state index in [4.69, 9.17) is 9.05 Å². The third kappa shape index (κ3) is 4.51. The highest BCUT2D eigenvalue weighted by molar-refractivity contribution is 14.1. The maximum absolute atomic E-state index is 12.1. The third-order valence-corrected chi connectivity index (χ3v) is 6.20. The number of carbonyl (C=O) groups is 1. The molecule has 90 valence electrons. The van der Waals surface area contributed by atoms with Gasteiger partial charge in [0.1, 0.15) is 0 Å². The predicted molar refractivity (Wildman–Crippen MR) is 68.5 cm³/mol. The first-order valence-electron chi connectivity index (χ1n) is 4.96. The summed E-state index contributed by atoms with van der Waals surface area (Å²) in [6.07, 6.45) is 0. The molecule has 0 aliphatic carbocycles. The Bertz CT molecular complexity index is 244. The van der Waals surface area contributed by atoms with Gasteiger partial charge in [-0.2, -0.15) is 0 Å². The van der Waals surface area contributed by atoms with Crippen LogP contribution in [-0.2, 0) is 18.4 Å². The quantitative estimate of drug-likeness (QED) is 0.403. The van der Waals surface area contributed by atoms with Crippen molar-refractivity contribution in [1.29, 1.82) is 0 Å². The Morgan fingerprint density at radius 1 is 1.27 bits per heavy atom. The molecule has 0 fully saturated rings. The summed E-state index contributed by atoms with van der Waals surface area (Å²) < 4.78 is 21.7. The van der Waals surface area contributed by atoms with Crippen molar-refractivity contribution in [2.24, 2.45) is 5.92 Å². The van der Waals surface area contributed by atoms with Crippen molar-refractivity contribution in [1.82, 2.24) is 0 Å². The molecule has 0 spiro atoms. The first-order valence-corrected chi connectivity index (χ1v) is 7.75. The smallest absolute Gasteiger partial charge is 0.303 e. The van der Waals surface area contributed by atoms with Crippen LogP contribution in [0.3, 0.4) is 0 Å². The first kappa shape index (κ1) is 15.6. The van der Waals surface area contributed by atoms with E-state index in [-0.39, 0.29) is 23.1 Å². The number of halogens is 1. The normalized spacial score (nSPS) is 14.3. The molecule has 0 aromatic heterocycles. The zero-order valence-electron chi connectivity index (χ0n) is 9.53. The topological polar surface area (TPSA) is 52.6 Å². The molecule has 0 bridgehead atoms. The Labute approximate surface area is 105 Å². The number of hydrogen-bond donors (Lipinski definition) is 0. The minimum absolute atomic E-state index is 0.118. The van der Waals surface area contributed by atoms with Gasteiger partial charge in [-0.05, 0) is 19.8 Å². The van der Waals surface area contributed by atoms with Crippen LogP contribution in [0, 0.1) is 5.92 Å². The fourth-order valence-electron chi connectivity index (χ4n) is 0.941. The van der Waals surface area contributed by atoms with Crippen molar-refractivity contribution in [3.63, 3.8) is 0 Å². The molecule has 0 rings (SSSR count). The minimum Gasteiger partial charge on any atom is -0.303 e. The molecular formula is C9H18IO4P. The van der Waals surface area contributed by atoms with Gasteiger partial charge in [-0.25, -0.2) is 0 Å². The van der Waals surface area contributed by atoms with E-state index in [1.54, 1.807) is 13.8 Å². The second-order valence-electron chi connectivity index (χ2n) is 3.32. The summed E-state index contributed by atoms with van der Waals surface area (Å²) in [5, 5.41) is 0. The van der Waals surface area contributed by atoms with E-state index in [1.807, 2.05) is 36.4 Å². The zero-order valence-corrected chi connectivity index (χ0v) is 12.6. The molecule has 0 saturated heterocycles. The SMILES string of the molecule is CCOP(=O)(OCC)C(=O)C(I)C(C)C. The maximum atomic E-state index is 12.1. The van der Waals surface area contributed by atoms with Gasteiger partial charge in [0.15, 0.2) is 0 Å². The molecular weight excluding hydrogens is 330 g/mol. The van der Waals surface area contributed by atoms with Crippen LogP contribution in [0.25, 0.3) is 0 Å². The van der Waals surface area contributed by atoms with Crippen LogP contribution in [0.5, 0.6) is 0 Å². The van der Waals surface area contributed by atoms with Gasteiger partial charge >= 0.3 is 7.60 Å². The summed E-state index contributed by atoms with van der Waals surface area (Å²) in [6.45, 7) is 7.61. The number of carbonyl (C=O) groups excluding carboxylic acids is 1. The molecule has 0 saturated carbocycles. The molecule has 0 N–H and O–H groups in total. The van der Waals surface area contributed by atoms with E-state index in [0.29, 0.717) is 0 Å². The van der Waals surface area contributed by atoms with Gasteiger partial charge in [0, 0.05) is 0 Å². The fraction of sp³-hybridized carbons (Fsp3) is 0.889. The van der Waals surface area contributed by atoms with E-state index in [2.05, 4.69) is 0 Å². The van der Waals surface area contributed by atoms with Crippen molar-refractivity contribution in [3.8, 4) is 0 Å². The Balaban J connectivity index is 4.77. The van der Waals surface area contributed by atoms with Gasteiger partial charge in [0.05, 0.1) is 17.1 Å². The van der Waals surface area contributed by atoms with Crippen LogP contribution in [-0.4, -0.2) is 22.7 Å². The van der Waals surface area contributed by atoms with Gasteiger partial charge in [-0.3, -0.25) is 9.36 Å². The average Bonchev–Trinajstić information content (AvgIpc) is 2.16. The van der Waals surface area contributed by atoms with E-state index in [0.717, 1.165) is 0 Å². The van der Waals surface area contributed by atoms with E-state index in [1.165, 1.54) is 0 Å².